The van der Waals surface area contributed by atoms with Crippen LogP contribution in [-0.4, -0.2) is 22.5 Å². The van der Waals surface area contributed by atoms with Gasteiger partial charge in [-0.3, -0.25) is 9.59 Å². The predicted molar refractivity (Wildman–Crippen MR) is 116 cm³/mol. The van der Waals surface area contributed by atoms with E-state index in [9.17, 15) is 14.7 Å². The lowest BCUT2D eigenvalue weighted by Gasteiger charge is -2.54. The molecule has 4 nitrogen and oxygen atoms in total. The Morgan fingerprint density at radius 1 is 1.17 bits per heavy atom. The largest absolute Gasteiger partial charge is 0.481 e. The molecular formula is C23H25Cl2NO3. The number of carbonyl (C=O) groups is 2. The van der Waals surface area contributed by atoms with Gasteiger partial charge in [-0.2, -0.15) is 0 Å². The van der Waals surface area contributed by atoms with Crippen LogP contribution in [0.1, 0.15) is 50.7 Å². The van der Waals surface area contributed by atoms with E-state index in [0.29, 0.717) is 16.5 Å². The van der Waals surface area contributed by atoms with Gasteiger partial charge in [0, 0.05) is 27.3 Å². The van der Waals surface area contributed by atoms with Crippen LogP contribution in [0.4, 0.5) is 0 Å². The van der Waals surface area contributed by atoms with E-state index in [4.69, 9.17) is 23.2 Å². The summed E-state index contributed by atoms with van der Waals surface area (Å²) in [6, 6.07) is 15.2. The molecule has 0 aromatic heterocycles. The molecular weight excluding hydrogens is 409 g/mol. The number of benzene rings is 2. The number of carbonyl (C=O) groups excluding carboxylic acids is 1. The highest BCUT2D eigenvalue weighted by atomic mass is 35.5. The highest BCUT2D eigenvalue weighted by Gasteiger charge is 2.53. The van der Waals surface area contributed by atoms with Crippen LogP contribution in [-0.2, 0) is 15.0 Å². The molecule has 1 amide bonds. The minimum absolute atomic E-state index is 0.117. The lowest BCUT2D eigenvalue weighted by molar-refractivity contribution is -0.144. The van der Waals surface area contributed by atoms with Crippen molar-refractivity contribution < 1.29 is 14.7 Å². The Morgan fingerprint density at radius 2 is 1.83 bits per heavy atom. The molecule has 0 aliphatic carbocycles. The molecule has 3 rings (SSSR count). The summed E-state index contributed by atoms with van der Waals surface area (Å²) in [4.78, 5) is 24.2. The summed E-state index contributed by atoms with van der Waals surface area (Å²) in [6.45, 7) is 6.21. The maximum atomic E-state index is 12.9. The molecule has 6 heteroatoms. The molecule has 1 fully saturated rings. The monoisotopic (exact) mass is 433 g/mol. The zero-order valence-electron chi connectivity index (χ0n) is 16.7. The highest BCUT2D eigenvalue weighted by Crippen LogP contribution is 2.49. The van der Waals surface area contributed by atoms with Gasteiger partial charge in [0.25, 0.3) is 0 Å². The molecule has 29 heavy (non-hydrogen) atoms. The Bertz CT molecular complexity index is 926. The fourth-order valence-corrected chi connectivity index (χ4v) is 4.73. The van der Waals surface area contributed by atoms with Gasteiger partial charge in [-0.15, -0.1) is 0 Å². The Hall–Kier alpha value is -2.04. The van der Waals surface area contributed by atoms with Crippen LogP contribution >= 0.6 is 23.2 Å². The number of hydrogen-bond donors (Lipinski definition) is 2. The minimum atomic E-state index is -0.976. The summed E-state index contributed by atoms with van der Waals surface area (Å²) < 4.78 is 0. The van der Waals surface area contributed by atoms with Gasteiger partial charge in [-0.1, -0.05) is 61.3 Å². The molecule has 3 unspecified atom stereocenters. The van der Waals surface area contributed by atoms with Crippen LogP contribution in [0.25, 0.3) is 0 Å². The summed E-state index contributed by atoms with van der Waals surface area (Å²) in [5.74, 6) is -1.91. The average molecular weight is 434 g/mol. The second-order valence-electron chi connectivity index (χ2n) is 8.46. The quantitative estimate of drug-likeness (QED) is 0.660. The molecule has 3 atom stereocenters. The van der Waals surface area contributed by atoms with Crippen LogP contribution in [0.5, 0.6) is 0 Å². The standard InChI is InChI=1S/C23H25Cl2NO3/c1-22(2,16-7-9-17(24)10-8-16)23(3)19(14-5-4-6-18(25)11-14)12-15(13-20(27)28)21(29)26-23/h4-11,15,19H,12-13H2,1-3H3,(H,26,29)(H,27,28). The van der Waals surface area contributed by atoms with Crippen molar-refractivity contribution in [2.24, 2.45) is 5.92 Å². The lowest BCUT2D eigenvalue weighted by Crippen LogP contribution is -2.65. The Kier molecular flexibility index (Phi) is 5.98. The summed E-state index contributed by atoms with van der Waals surface area (Å²) >= 11 is 12.3. The zero-order chi connectivity index (χ0) is 21.4. The molecule has 2 N–H and O–H groups in total. The van der Waals surface area contributed by atoms with Crippen molar-refractivity contribution >= 4 is 35.1 Å². The van der Waals surface area contributed by atoms with Crippen LogP contribution < -0.4 is 5.32 Å². The van der Waals surface area contributed by atoms with Gasteiger partial charge in [0.2, 0.25) is 5.91 Å². The number of nitrogens with one attached hydrogen (secondary N) is 1. The smallest absolute Gasteiger partial charge is 0.304 e. The molecule has 0 radical (unpaired) electrons. The van der Waals surface area contributed by atoms with Crippen molar-refractivity contribution in [3.05, 3.63) is 69.7 Å². The maximum Gasteiger partial charge on any atom is 0.304 e. The van der Waals surface area contributed by atoms with Gasteiger partial charge in [0.15, 0.2) is 0 Å². The molecule has 2 aromatic carbocycles. The van der Waals surface area contributed by atoms with Crippen molar-refractivity contribution in [1.82, 2.24) is 5.32 Å². The minimum Gasteiger partial charge on any atom is -0.481 e. The Morgan fingerprint density at radius 3 is 2.41 bits per heavy atom. The summed E-state index contributed by atoms with van der Waals surface area (Å²) in [5.41, 5.74) is 0.886. The number of halogens is 2. The fraction of sp³-hybridized carbons (Fsp3) is 0.391. The van der Waals surface area contributed by atoms with E-state index >= 15 is 0 Å². The molecule has 1 heterocycles. The highest BCUT2D eigenvalue weighted by molar-refractivity contribution is 6.30. The maximum absolute atomic E-state index is 12.9. The number of carboxylic acid groups (broad SMARTS) is 1. The zero-order valence-corrected chi connectivity index (χ0v) is 18.2. The van der Waals surface area contributed by atoms with E-state index in [1.54, 1.807) is 0 Å². The number of rotatable bonds is 5. The molecule has 2 aromatic rings. The lowest BCUT2D eigenvalue weighted by atomic mass is 9.57. The first-order chi connectivity index (χ1) is 13.5. The van der Waals surface area contributed by atoms with E-state index in [-0.39, 0.29) is 18.2 Å². The van der Waals surface area contributed by atoms with Gasteiger partial charge in [0.05, 0.1) is 12.0 Å². The Labute approximate surface area is 181 Å². The second kappa shape index (κ2) is 8.00. The summed E-state index contributed by atoms with van der Waals surface area (Å²) in [5, 5.41) is 13.7. The molecule has 1 aliphatic heterocycles. The van der Waals surface area contributed by atoms with Crippen molar-refractivity contribution in [1.29, 1.82) is 0 Å². The number of aliphatic carboxylic acids is 1. The first kappa shape index (κ1) is 21.7. The van der Waals surface area contributed by atoms with Crippen LogP contribution in [0.3, 0.4) is 0 Å². The third kappa shape index (κ3) is 4.15. The third-order valence-corrected chi connectivity index (χ3v) is 6.99. The van der Waals surface area contributed by atoms with Gasteiger partial charge in [0.1, 0.15) is 0 Å². The van der Waals surface area contributed by atoms with E-state index in [1.165, 1.54) is 0 Å². The molecule has 0 bridgehead atoms. The van der Waals surface area contributed by atoms with Crippen LogP contribution in [0.2, 0.25) is 10.0 Å². The first-order valence-corrected chi connectivity index (χ1v) is 10.4. The van der Waals surface area contributed by atoms with E-state index < -0.39 is 22.8 Å². The average Bonchev–Trinajstić information content (AvgIpc) is 2.64. The van der Waals surface area contributed by atoms with Crippen molar-refractivity contribution in [2.45, 2.75) is 50.5 Å². The number of piperidine rings is 1. The fourth-order valence-electron chi connectivity index (χ4n) is 4.41. The van der Waals surface area contributed by atoms with Crippen LogP contribution in [0.15, 0.2) is 48.5 Å². The van der Waals surface area contributed by atoms with Crippen molar-refractivity contribution in [2.75, 3.05) is 0 Å². The van der Waals surface area contributed by atoms with E-state index in [2.05, 4.69) is 19.2 Å². The van der Waals surface area contributed by atoms with Gasteiger partial charge in [-0.25, -0.2) is 0 Å². The SMILES string of the molecule is CC(C)(c1ccc(Cl)cc1)C1(C)NC(=O)C(CC(=O)O)CC1c1cccc(Cl)c1. The molecule has 0 spiro atoms. The van der Waals surface area contributed by atoms with Gasteiger partial charge in [-0.05, 0) is 48.7 Å². The number of amides is 1. The normalized spacial score (nSPS) is 24.8. The molecule has 1 saturated heterocycles. The van der Waals surface area contributed by atoms with Crippen molar-refractivity contribution in [3.63, 3.8) is 0 Å². The third-order valence-electron chi connectivity index (χ3n) is 6.51. The van der Waals surface area contributed by atoms with Crippen LogP contribution in [0, 0.1) is 5.92 Å². The summed E-state index contributed by atoms with van der Waals surface area (Å²) in [6.07, 6.45) is 0.242. The van der Waals surface area contributed by atoms with E-state index in [0.717, 1.165) is 11.1 Å². The Balaban J connectivity index is 2.10. The van der Waals surface area contributed by atoms with Crippen molar-refractivity contribution in [3.8, 4) is 0 Å². The first-order valence-electron chi connectivity index (χ1n) is 9.60. The van der Waals surface area contributed by atoms with Gasteiger partial charge < -0.3 is 10.4 Å². The number of hydrogen-bond acceptors (Lipinski definition) is 2. The van der Waals surface area contributed by atoms with Gasteiger partial charge >= 0.3 is 5.97 Å². The molecule has 0 saturated carbocycles. The molecule has 1 aliphatic rings. The number of carboxylic acids is 1. The van der Waals surface area contributed by atoms with E-state index in [1.807, 2.05) is 55.5 Å². The predicted octanol–water partition coefficient (Wildman–Crippen LogP) is 5.42. The second-order valence-corrected chi connectivity index (χ2v) is 9.33. The summed E-state index contributed by atoms with van der Waals surface area (Å²) in [7, 11) is 0. The molecule has 154 valence electrons. The topological polar surface area (TPSA) is 66.4 Å².